The fourth-order valence-electron chi connectivity index (χ4n) is 1.27. The monoisotopic (exact) mass is 270 g/mol. The molecule has 6 nitrogen and oxygen atoms in total. The molecule has 100 valence electrons. The van der Waals surface area contributed by atoms with Crippen LogP contribution in [0.1, 0.15) is 32.7 Å². The smallest absolute Gasteiger partial charge is 0.234 e. The number of thiazole rings is 1. The molecule has 1 rings (SSSR count). The van der Waals surface area contributed by atoms with Gasteiger partial charge in [-0.3, -0.25) is 4.79 Å². The molecule has 7 heteroatoms. The molecule has 0 aliphatic rings. The van der Waals surface area contributed by atoms with Gasteiger partial charge in [-0.2, -0.15) is 0 Å². The number of amidine groups is 1. The molecule has 0 aliphatic carbocycles. The Hall–Kier alpha value is -1.63. The lowest BCUT2D eigenvalue weighted by Gasteiger charge is -2.29. The summed E-state index contributed by atoms with van der Waals surface area (Å²) in [6.07, 6.45) is 1.68. The predicted octanol–water partition coefficient (Wildman–Crippen LogP) is 1.27. The molecule has 0 radical (unpaired) electrons. The minimum atomic E-state index is -1.08. The average Bonchev–Trinajstić information content (AvgIpc) is 2.81. The number of carbonyl (C=O) groups is 1. The third kappa shape index (κ3) is 2.79. The quantitative estimate of drug-likeness (QED) is 0.332. The second-order valence-electron chi connectivity index (χ2n) is 5.03. The fraction of sp³-hybridized carbons (Fsp3) is 0.545. The molecule has 1 aromatic heterocycles. The van der Waals surface area contributed by atoms with Crippen molar-refractivity contribution in [1.82, 2.24) is 10.3 Å². The second-order valence-corrected chi connectivity index (χ2v) is 5.92. The first-order valence-corrected chi connectivity index (χ1v) is 6.30. The molecule has 0 spiro atoms. The van der Waals surface area contributed by atoms with Crippen molar-refractivity contribution >= 4 is 23.1 Å². The van der Waals surface area contributed by atoms with Gasteiger partial charge in [0.05, 0.1) is 5.54 Å². The molecule has 18 heavy (non-hydrogen) atoms. The van der Waals surface area contributed by atoms with E-state index in [1.54, 1.807) is 20.0 Å². The Bertz CT molecular complexity index is 452. The van der Waals surface area contributed by atoms with Crippen molar-refractivity contribution in [3.05, 3.63) is 16.6 Å². The van der Waals surface area contributed by atoms with Crippen molar-refractivity contribution in [3.8, 4) is 0 Å². The summed E-state index contributed by atoms with van der Waals surface area (Å²) < 4.78 is 0. The van der Waals surface area contributed by atoms with Crippen LogP contribution in [0.5, 0.6) is 0 Å². The minimum absolute atomic E-state index is 0.130. The van der Waals surface area contributed by atoms with Crippen molar-refractivity contribution < 1.29 is 10.0 Å². The Morgan fingerprint density at radius 3 is 2.56 bits per heavy atom. The maximum atomic E-state index is 12.2. The third-order valence-corrected chi connectivity index (χ3v) is 3.81. The maximum Gasteiger partial charge on any atom is 0.234 e. The molecule has 1 heterocycles. The zero-order valence-electron chi connectivity index (χ0n) is 10.9. The Balaban J connectivity index is 2.89. The van der Waals surface area contributed by atoms with Crippen LogP contribution in [-0.2, 0) is 10.3 Å². The van der Waals surface area contributed by atoms with E-state index in [1.165, 1.54) is 11.3 Å². The average molecular weight is 270 g/mol. The first-order valence-electron chi connectivity index (χ1n) is 5.42. The van der Waals surface area contributed by atoms with Gasteiger partial charge in [-0.25, -0.2) is 4.98 Å². The molecule has 4 N–H and O–H groups in total. The topological polar surface area (TPSA) is 101 Å². The van der Waals surface area contributed by atoms with Crippen LogP contribution in [0.4, 0.5) is 0 Å². The van der Waals surface area contributed by atoms with E-state index in [-0.39, 0.29) is 11.7 Å². The Morgan fingerprint density at radius 1 is 1.50 bits per heavy atom. The number of oxime groups is 1. The first kappa shape index (κ1) is 14.4. The van der Waals surface area contributed by atoms with E-state index < -0.39 is 11.0 Å². The zero-order valence-corrected chi connectivity index (χ0v) is 11.7. The highest BCUT2D eigenvalue weighted by Crippen LogP contribution is 2.25. The van der Waals surface area contributed by atoms with Crippen LogP contribution in [0, 0.1) is 5.41 Å². The molecule has 0 atom stereocenters. The molecule has 0 saturated heterocycles. The number of nitrogens with zero attached hydrogens (tertiary/aromatic N) is 2. The number of amides is 1. The third-order valence-electron chi connectivity index (χ3n) is 2.71. The summed E-state index contributed by atoms with van der Waals surface area (Å²) in [5.41, 5.74) is 3.84. The van der Waals surface area contributed by atoms with Gasteiger partial charge >= 0.3 is 0 Å². The maximum absolute atomic E-state index is 12.2. The lowest BCUT2D eigenvalue weighted by Crippen LogP contribution is -2.51. The normalized spacial score (nSPS) is 13.4. The number of nitrogens with one attached hydrogen (secondary N) is 1. The molecular weight excluding hydrogens is 252 g/mol. The zero-order chi connectivity index (χ0) is 14.0. The fourth-order valence-corrected chi connectivity index (χ4v) is 1.98. The lowest BCUT2D eigenvalue weighted by atomic mass is 9.89. The van der Waals surface area contributed by atoms with Crippen LogP contribution < -0.4 is 11.1 Å². The van der Waals surface area contributed by atoms with Crippen LogP contribution in [-0.4, -0.2) is 21.9 Å². The molecule has 0 bridgehead atoms. The summed E-state index contributed by atoms with van der Waals surface area (Å²) >= 11 is 1.46. The van der Waals surface area contributed by atoms with Gasteiger partial charge in [-0.05, 0) is 27.7 Å². The van der Waals surface area contributed by atoms with Crippen molar-refractivity contribution in [3.63, 3.8) is 0 Å². The number of aromatic nitrogens is 1. The molecule has 0 aromatic carbocycles. The van der Waals surface area contributed by atoms with E-state index in [4.69, 9.17) is 10.9 Å². The second kappa shape index (κ2) is 4.93. The van der Waals surface area contributed by atoms with Crippen LogP contribution in [0.15, 0.2) is 16.7 Å². The molecule has 1 aromatic rings. The molecule has 0 saturated carbocycles. The number of nitrogens with two attached hydrogens (primary N) is 1. The van der Waals surface area contributed by atoms with Gasteiger partial charge in [0.1, 0.15) is 10.4 Å². The van der Waals surface area contributed by atoms with Gasteiger partial charge in [0.15, 0.2) is 5.84 Å². The number of rotatable bonds is 4. The first-order chi connectivity index (χ1) is 8.21. The highest BCUT2D eigenvalue weighted by atomic mass is 32.1. The van der Waals surface area contributed by atoms with Gasteiger partial charge in [-0.15, -0.1) is 11.3 Å². The largest absolute Gasteiger partial charge is 0.409 e. The SMILES string of the molecule is CC(C)(C(=O)NC(C)(C)c1nccs1)/C(N)=N/O. The summed E-state index contributed by atoms with van der Waals surface area (Å²) in [5.74, 6) is -0.451. The molecule has 0 fully saturated rings. The van der Waals surface area contributed by atoms with Crippen molar-refractivity contribution in [2.45, 2.75) is 33.2 Å². The van der Waals surface area contributed by atoms with Crippen LogP contribution >= 0.6 is 11.3 Å². The molecular formula is C11H18N4O2S. The van der Waals surface area contributed by atoms with E-state index in [2.05, 4.69) is 15.5 Å². The van der Waals surface area contributed by atoms with Crippen molar-refractivity contribution in [2.24, 2.45) is 16.3 Å². The van der Waals surface area contributed by atoms with Gasteiger partial charge in [0, 0.05) is 11.6 Å². The van der Waals surface area contributed by atoms with Crippen molar-refractivity contribution in [1.29, 1.82) is 0 Å². The van der Waals surface area contributed by atoms with Crippen LogP contribution in [0.25, 0.3) is 0 Å². The summed E-state index contributed by atoms with van der Waals surface area (Å²) in [5, 5.41) is 17.1. The van der Waals surface area contributed by atoms with Gasteiger partial charge in [0.2, 0.25) is 5.91 Å². The molecule has 0 unspecified atom stereocenters. The van der Waals surface area contributed by atoms with Gasteiger partial charge in [-0.1, -0.05) is 5.16 Å². The minimum Gasteiger partial charge on any atom is -0.409 e. The van der Waals surface area contributed by atoms with E-state index >= 15 is 0 Å². The lowest BCUT2D eigenvalue weighted by molar-refractivity contribution is -0.128. The summed E-state index contributed by atoms with van der Waals surface area (Å²) in [6, 6.07) is 0. The highest BCUT2D eigenvalue weighted by molar-refractivity contribution is 7.09. The predicted molar refractivity (Wildman–Crippen MR) is 70.5 cm³/mol. The van der Waals surface area contributed by atoms with Gasteiger partial charge < -0.3 is 16.3 Å². The summed E-state index contributed by atoms with van der Waals surface area (Å²) in [7, 11) is 0. The molecule has 0 aliphatic heterocycles. The molecule has 1 amide bonds. The van der Waals surface area contributed by atoms with Crippen LogP contribution in [0.3, 0.4) is 0 Å². The number of hydrogen-bond donors (Lipinski definition) is 3. The van der Waals surface area contributed by atoms with Crippen molar-refractivity contribution in [2.75, 3.05) is 0 Å². The summed E-state index contributed by atoms with van der Waals surface area (Å²) in [6.45, 7) is 6.89. The Labute approximate surface area is 110 Å². The Morgan fingerprint density at radius 2 is 2.11 bits per heavy atom. The van der Waals surface area contributed by atoms with Crippen LogP contribution in [0.2, 0.25) is 0 Å². The standard InChI is InChI=1S/C11H18N4O2S/c1-10(2,7(12)15-17)8(16)14-11(3,4)9-13-5-6-18-9/h5-6,17H,1-4H3,(H2,12,15)(H,14,16). The van der Waals surface area contributed by atoms with E-state index in [9.17, 15) is 4.79 Å². The van der Waals surface area contributed by atoms with E-state index in [0.717, 1.165) is 5.01 Å². The van der Waals surface area contributed by atoms with E-state index in [1.807, 2.05) is 19.2 Å². The number of hydrogen-bond acceptors (Lipinski definition) is 5. The highest BCUT2D eigenvalue weighted by Gasteiger charge is 2.37. The van der Waals surface area contributed by atoms with Gasteiger partial charge in [0.25, 0.3) is 0 Å². The summed E-state index contributed by atoms with van der Waals surface area (Å²) in [4.78, 5) is 16.4. The van der Waals surface area contributed by atoms with E-state index in [0.29, 0.717) is 0 Å². The number of carbonyl (C=O) groups excluding carboxylic acids is 1. The Kier molecular flexibility index (Phi) is 3.95.